The Morgan fingerprint density at radius 2 is 2.33 bits per heavy atom. The van der Waals surface area contributed by atoms with Crippen LogP contribution in [0.15, 0.2) is 28.3 Å². The number of thioether (sulfide) groups is 1. The van der Waals surface area contributed by atoms with Gasteiger partial charge in [0.2, 0.25) is 0 Å². The van der Waals surface area contributed by atoms with Crippen LogP contribution in [0.25, 0.3) is 0 Å². The largest absolute Gasteiger partial charge is 0.399 e. The van der Waals surface area contributed by atoms with Gasteiger partial charge in [-0.15, -0.1) is 11.8 Å². The van der Waals surface area contributed by atoms with Gasteiger partial charge in [-0.05, 0) is 18.2 Å². The molecule has 0 bridgehead atoms. The van der Waals surface area contributed by atoms with E-state index in [0.717, 1.165) is 22.6 Å². The minimum absolute atomic E-state index is 0.229. The van der Waals surface area contributed by atoms with E-state index in [9.17, 15) is 4.39 Å². The second-order valence-electron chi connectivity index (χ2n) is 3.49. The van der Waals surface area contributed by atoms with Crippen LogP contribution in [0.3, 0.4) is 0 Å². The third kappa shape index (κ3) is 2.15. The molecule has 0 aromatic heterocycles. The van der Waals surface area contributed by atoms with Crippen LogP contribution < -0.4 is 0 Å². The van der Waals surface area contributed by atoms with Crippen LogP contribution in [0, 0.1) is 5.82 Å². The van der Waals surface area contributed by atoms with Gasteiger partial charge >= 0.3 is 0 Å². The number of benzene rings is 1. The van der Waals surface area contributed by atoms with Crippen molar-refractivity contribution in [1.29, 1.82) is 0 Å². The van der Waals surface area contributed by atoms with E-state index in [1.54, 1.807) is 17.8 Å². The molecular weight excluding hydrogens is 213 g/mol. The summed E-state index contributed by atoms with van der Waals surface area (Å²) in [6.07, 6.45) is 0.814. The van der Waals surface area contributed by atoms with Crippen molar-refractivity contribution in [2.45, 2.75) is 23.5 Å². The van der Waals surface area contributed by atoms with Crippen molar-refractivity contribution in [1.82, 2.24) is 0 Å². The fourth-order valence-electron chi connectivity index (χ4n) is 1.67. The van der Waals surface area contributed by atoms with Crippen LogP contribution in [0.1, 0.15) is 18.9 Å². The fraction of sp³-hybridized carbons (Fsp3) is 0.364. The van der Waals surface area contributed by atoms with E-state index in [0.29, 0.717) is 5.25 Å². The lowest BCUT2D eigenvalue weighted by Crippen LogP contribution is -2.16. The Bertz CT molecular complexity index is 406. The van der Waals surface area contributed by atoms with E-state index in [-0.39, 0.29) is 5.82 Å². The monoisotopic (exact) mass is 225 g/mol. The third-order valence-corrected chi connectivity index (χ3v) is 3.44. The van der Waals surface area contributed by atoms with Gasteiger partial charge in [-0.1, -0.05) is 12.1 Å². The minimum atomic E-state index is -0.229. The van der Waals surface area contributed by atoms with Crippen LogP contribution in [-0.2, 0) is 4.84 Å². The Balaban J connectivity index is 2.48. The molecule has 1 aromatic rings. The molecule has 2 rings (SSSR count). The summed E-state index contributed by atoms with van der Waals surface area (Å²) in [6.45, 7) is 2.13. The molecule has 1 aromatic carbocycles. The lowest BCUT2D eigenvalue weighted by molar-refractivity contribution is 0.212. The number of fused-ring (bicyclic) bond motifs is 1. The molecule has 1 heterocycles. The quantitative estimate of drug-likeness (QED) is 0.685. The first-order valence-corrected chi connectivity index (χ1v) is 5.65. The molecule has 0 aliphatic carbocycles. The maximum atomic E-state index is 13.1. The van der Waals surface area contributed by atoms with Crippen LogP contribution in [0.4, 0.5) is 4.39 Å². The summed E-state index contributed by atoms with van der Waals surface area (Å²) in [5.41, 5.74) is 1.69. The van der Waals surface area contributed by atoms with E-state index < -0.39 is 0 Å². The van der Waals surface area contributed by atoms with Crippen molar-refractivity contribution in [3.63, 3.8) is 0 Å². The summed E-state index contributed by atoms with van der Waals surface area (Å²) in [6, 6.07) is 4.80. The second kappa shape index (κ2) is 4.23. The van der Waals surface area contributed by atoms with Crippen LogP contribution >= 0.6 is 11.8 Å². The molecule has 1 aliphatic rings. The molecule has 0 amide bonds. The van der Waals surface area contributed by atoms with Gasteiger partial charge in [-0.25, -0.2) is 4.39 Å². The highest BCUT2D eigenvalue weighted by atomic mass is 32.2. The number of oxime groups is 1. The summed E-state index contributed by atoms with van der Waals surface area (Å²) in [5, 5.41) is 4.41. The Morgan fingerprint density at radius 3 is 3.07 bits per heavy atom. The zero-order valence-electron chi connectivity index (χ0n) is 8.66. The predicted octanol–water partition coefficient (Wildman–Crippen LogP) is 3.06. The molecule has 1 aliphatic heterocycles. The van der Waals surface area contributed by atoms with Crippen molar-refractivity contribution < 1.29 is 9.23 Å². The lowest BCUT2D eigenvalue weighted by atomic mass is 10.1. The molecule has 1 unspecified atom stereocenters. The number of rotatable bonds is 1. The number of nitrogens with zero attached hydrogens (tertiary/aromatic N) is 1. The zero-order valence-corrected chi connectivity index (χ0v) is 9.47. The molecule has 4 heteroatoms. The molecular formula is C11H12FNOS. The summed E-state index contributed by atoms with van der Waals surface area (Å²) in [5.74, 6) is -0.229. The van der Waals surface area contributed by atoms with Gasteiger partial charge in [0.1, 0.15) is 12.9 Å². The lowest BCUT2D eigenvalue weighted by Gasteiger charge is -2.21. The average Bonchev–Trinajstić information content (AvgIpc) is 2.19. The van der Waals surface area contributed by atoms with Crippen LogP contribution in [0.5, 0.6) is 0 Å². The van der Waals surface area contributed by atoms with Gasteiger partial charge in [-0.3, -0.25) is 0 Å². The SMILES string of the molecule is CON=C1CC(C)Sc2ccc(F)cc21. The topological polar surface area (TPSA) is 21.6 Å². The molecule has 0 fully saturated rings. The third-order valence-electron chi connectivity index (χ3n) is 2.26. The Hall–Kier alpha value is -1.03. The van der Waals surface area contributed by atoms with Gasteiger partial charge in [0, 0.05) is 22.1 Å². The van der Waals surface area contributed by atoms with Gasteiger partial charge in [0.05, 0.1) is 5.71 Å². The van der Waals surface area contributed by atoms with Crippen molar-refractivity contribution in [3.8, 4) is 0 Å². The highest BCUT2D eigenvalue weighted by molar-refractivity contribution is 8.00. The van der Waals surface area contributed by atoms with E-state index in [2.05, 4.69) is 12.1 Å². The molecule has 0 spiro atoms. The smallest absolute Gasteiger partial charge is 0.123 e. The normalized spacial score (nSPS) is 22.6. The van der Waals surface area contributed by atoms with Crippen LogP contribution in [-0.4, -0.2) is 18.1 Å². The van der Waals surface area contributed by atoms with Gasteiger partial charge in [0.25, 0.3) is 0 Å². The average molecular weight is 225 g/mol. The highest BCUT2D eigenvalue weighted by Crippen LogP contribution is 2.35. The Labute approximate surface area is 92.5 Å². The second-order valence-corrected chi connectivity index (χ2v) is 4.97. The molecule has 0 saturated carbocycles. The number of hydrogen-bond donors (Lipinski definition) is 0. The minimum Gasteiger partial charge on any atom is -0.399 e. The van der Waals surface area contributed by atoms with Gasteiger partial charge in [0.15, 0.2) is 0 Å². The molecule has 2 nitrogen and oxygen atoms in total. The van der Waals surface area contributed by atoms with Crippen molar-refractivity contribution in [2.75, 3.05) is 7.11 Å². The first kappa shape index (κ1) is 10.5. The molecule has 0 radical (unpaired) electrons. The molecule has 0 N–H and O–H groups in total. The van der Waals surface area contributed by atoms with Gasteiger partial charge in [-0.2, -0.15) is 0 Å². The summed E-state index contributed by atoms with van der Waals surface area (Å²) in [7, 11) is 1.51. The number of hydrogen-bond acceptors (Lipinski definition) is 3. The van der Waals surface area contributed by atoms with Crippen LogP contribution in [0.2, 0.25) is 0 Å². The standard InChI is InChI=1S/C11H12FNOS/c1-7-5-10(13-14-2)9-6-8(12)3-4-11(9)15-7/h3-4,6-7H,5H2,1-2H3. The number of halogens is 1. The maximum absolute atomic E-state index is 13.1. The van der Waals surface area contributed by atoms with E-state index >= 15 is 0 Å². The Kier molecular flexibility index (Phi) is 2.95. The first-order valence-electron chi connectivity index (χ1n) is 4.77. The summed E-state index contributed by atoms with van der Waals surface area (Å²) < 4.78 is 13.1. The summed E-state index contributed by atoms with van der Waals surface area (Å²) in [4.78, 5) is 5.86. The van der Waals surface area contributed by atoms with Crippen molar-refractivity contribution >= 4 is 17.5 Å². The molecule has 0 saturated heterocycles. The van der Waals surface area contributed by atoms with E-state index in [1.807, 2.05) is 0 Å². The molecule has 15 heavy (non-hydrogen) atoms. The first-order chi connectivity index (χ1) is 7.20. The predicted molar refractivity (Wildman–Crippen MR) is 59.9 cm³/mol. The molecule has 1 atom stereocenters. The molecule has 80 valence electrons. The van der Waals surface area contributed by atoms with Crippen molar-refractivity contribution in [3.05, 3.63) is 29.6 Å². The zero-order chi connectivity index (χ0) is 10.8. The Morgan fingerprint density at radius 1 is 1.53 bits per heavy atom. The van der Waals surface area contributed by atoms with Crippen molar-refractivity contribution in [2.24, 2.45) is 5.16 Å². The highest BCUT2D eigenvalue weighted by Gasteiger charge is 2.22. The van der Waals surface area contributed by atoms with E-state index in [1.165, 1.54) is 19.2 Å². The van der Waals surface area contributed by atoms with Gasteiger partial charge < -0.3 is 4.84 Å². The summed E-state index contributed by atoms with van der Waals surface area (Å²) >= 11 is 1.75. The van der Waals surface area contributed by atoms with E-state index in [4.69, 9.17) is 4.84 Å². The maximum Gasteiger partial charge on any atom is 0.123 e. The fourth-order valence-corrected chi connectivity index (χ4v) is 2.79.